The summed E-state index contributed by atoms with van der Waals surface area (Å²) in [6.07, 6.45) is -3.30. The van der Waals surface area contributed by atoms with E-state index >= 15 is 0 Å². The van der Waals surface area contributed by atoms with E-state index in [0.29, 0.717) is 32.3 Å². The molecule has 0 aliphatic carbocycles. The molecule has 2 aromatic heterocycles. The lowest BCUT2D eigenvalue weighted by atomic mass is 10.0. The number of aliphatic carboxylic acids is 1. The van der Waals surface area contributed by atoms with Gasteiger partial charge in [-0.05, 0) is 36.2 Å². The number of pyridine rings is 1. The Morgan fingerprint density at radius 1 is 1.18 bits per heavy atom. The maximum Gasteiger partial charge on any atom is 0.406 e. The molecule has 0 unspecified atom stereocenters. The van der Waals surface area contributed by atoms with Crippen LogP contribution in [0.2, 0.25) is 0 Å². The van der Waals surface area contributed by atoms with E-state index in [0.717, 1.165) is 12.3 Å². The maximum absolute atomic E-state index is 13.8. The number of fused-ring (bicyclic) bond motifs is 1. The van der Waals surface area contributed by atoms with Crippen LogP contribution in [0.1, 0.15) is 16.8 Å². The van der Waals surface area contributed by atoms with Crippen LogP contribution in [-0.4, -0.2) is 26.4 Å². The average molecular weight is 396 g/mol. The molecule has 1 aromatic carbocycles. The molecular weight excluding hydrogens is 380 g/mol. The summed E-state index contributed by atoms with van der Waals surface area (Å²) in [7, 11) is 0. The van der Waals surface area contributed by atoms with Crippen molar-refractivity contribution in [3.05, 3.63) is 69.5 Å². The van der Waals surface area contributed by atoms with E-state index in [1.54, 1.807) is 6.92 Å². The van der Waals surface area contributed by atoms with E-state index in [1.165, 1.54) is 28.8 Å². The van der Waals surface area contributed by atoms with Gasteiger partial charge in [-0.1, -0.05) is 6.07 Å². The number of aromatic nitrogens is 2. The van der Waals surface area contributed by atoms with Crippen molar-refractivity contribution in [2.24, 2.45) is 0 Å². The molecule has 3 rings (SSSR count). The molecule has 0 atom stereocenters. The van der Waals surface area contributed by atoms with E-state index in [1.807, 2.05) is 0 Å². The molecule has 9 heteroatoms. The zero-order valence-corrected chi connectivity index (χ0v) is 14.8. The highest BCUT2D eigenvalue weighted by molar-refractivity contribution is 5.87. The van der Waals surface area contributed by atoms with Crippen LogP contribution in [0, 0.1) is 12.7 Å². The first kappa shape index (κ1) is 19.7. The molecule has 0 amide bonds. The monoisotopic (exact) mass is 396 g/mol. The minimum atomic E-state index is -4.54. The van der Waals surface area contributed by atoms with Crippen LogP contribution in [0.15, 0.2) is 41.3 Å². The number of alkyl halides is 3. The molecule has 0 radical (unpaired) electrons. The Labute approximate surface area is 156 Å². The number of carboxylic acids is 1. The number of nitrogens with zero attached hydrogens (tertiary/aromatic N) is 2. The van der Waals surface area contributed by atoms with Crippen LogP contribution in [0.4, 0.5) is 17.6 Å². The van der Waals surface area contributed by atoms with Gasteiger partial charge in [-0.3, -0.25) is 9.59 Å². The van der Waals surface area contributed by atoms with Gasteiger partial charge < -0.3 is 14.2 Å². The molecule has 0 aliphatic rings. The quantitative estimate of drug-likeness (QED) is 0.672. The Morgan fingerprint density at radius 2 is 1.89 bits per heavy atom. The van der Waals surface area contributed by atoms with E-state index < -0.39 is 30.1 Å². The van der Waals surface area contributed by atoms with Gasteiger partial charge in [-0.15, -0.1) is 0 Å². The summed E-state index contributed by atoms with van der Waals surface area (Å²) in [5, 5.41) is 9.62. The maximum atomic E-state index is 13.8. The third-order valence-corrected chi connectivity index (χ3v) is 4.48. The van der Waals surface area contributed by atoms with Crippen molar-refractivity contribution in [1.82, 2.24) is 9.13 Å². The number of halogens is 4. The average Bonchev–Trinajstić information content (AvgIpc) is 2.81. The number of hydrogen-bond donors (Lipinski definition) is 1. The van der Waals surface area contributed by atoms with E-state index in [4.69, 9.17) is 5.11 Å². The SMILES string of the molecule is Cc1c(Cc2ccc(=O)n(CC(F)(F)F)c2)c2cc(F)ccc2n1CC(=O)O. The van der Waals surface area contributed by atoms with Crippen molar-refractivity contribution < 1.29 is 27.5 Å². The zero-order valence-electron chi connectivity index (χ0n) is 14.8. The summed E-state index contributed by atoms with van der Waals surface area (Å²) in [5.74, 6) is -1.59. The Balaban J connectivity index is 2.09. The lowest BCUT2D eigenvalue weighted by molar-refractivity contribution is -0.141. The van der Waals surface area contributed by atoms with Crippen molar-refractivity contribution in [2.75, 3.05) is 0 Å². The Hall–Kier alpha value is -3.10. The second-order valence-electron chi connectivity index (χ2n) is 6.50. The van der Waals surface area contributed by atoms with Crippen LogP contribution in [0.25, 0.3) is 10.9 Å². The molecule has 0 fully saturated rings. The Morgan fingerprint density at radius 3 is 2.54 bits per heavy atom. The van der Waals surface area contributed by atoms with Gasteiger partial charge in [0.15, 0.2) is 0 Å². The van der Waals surface area contributed by atoms with Gasteiger partial charge >= 0.3 is 12.1 Å². The number of carboxylic acid groups (broad SMARTS) is 1. The van der Waals surface area contributed by atoms with Crippen molar-refractivity contribution in [3.8, 4) is 0 Å². The molecule has 0 spiro atoms. The minimum absolute atomic E-state index is 0.122. The highest BCUT2D eigenvalue weighted by Gasteiger charge is 2.28. The molecule has 2 heterocycles. The van der Waals surface area contributed by atoms with Gasteiger partial charge in [0.05, 0.1) is 0 Å². The summed E-state index contributed by atoms with van der Waals surface area (Å²) in [4.78, 5) is 22.9. The smallest absolute Gasteiger partial charge is 0.406 e. The standard InChI is InChI=1S/C19H16F4N2O3/c1-11-14(6-12-2-5-17(26)24(8-12)10-19(21,22)23)15-7-13(20)3-4-16(15)25(11)9-18(27)28/h2-5,7-8H,6,9-10H2,1H3,(H,27,28). The van der Waals surface area contributed by atoms with Crippen LogP contribution in [0.5, 0.6) is 0 Å². The van der Waals surface area contributed by atoms with E-state index in [9.17, 15) is 27.2 Å². The summed E-state index contributed by atoms with van der Waals surface area (Å²) >= 11 is 0. The number of rotatable bonds is 5. The lowest BCUT2D eigenvalue weighted by Gasteiger charge is -2.11. The predicted octanol–water partition coefficient (Wildman–Crippen LogP) is 3.49. The molecule has 0 saturated heterocycles. The first-order valence-electron chi connectivity index (χ1n) is 8.30. The fourth-order valence-electron chi connectivity index (χ4n) is 3.29. The third kappa shape index (κ3) is 4.08. The molecule has 0 bridgehead atoms. The lowest BCUT2D eigenvalue weighted by Crippen LogP contribution is -2.27. The highest BCUT2D eigenvalue weighted by atomic mass is 19.4. The van der Waals surface area contributed by atoms with Crippen LogP contribution >= 0.6 is 0 Å². The fourth-order valence-corrected chi connectivity index (χ4v) is 3.29. The van der Waals surface area contributed by atoms with Gasteiger partial charge in [0, 0.05) is 35.3 Å². The summed E-state index contributed by atoms with van der Waals surface area (Å²) in [6.45, 7) is -0.0719. The van der Waals surface area contributed by atoms with Crippen molar-refractivity contribution >= 4 is 16.9 Å². The van der Waals surface area contributed by atoms with Gasteiger partial charge in [-0.25, -0.2) is 4.39 Å². The zero-order chi connectivity index (χ0) is 20.6. The van der Waals surface area contributed by atoms with E-state index in [-0.39, 0.29) is 13.0 Å². The molecule has 3 aromatic rings. The molecule has 5 nitrogen and oxygen atoms in total. The molecule has 0 aliphatic heterocycles. The van der Waals surface area contributed by atoms with Crippen molar-refractivity contribution in [3.63, 3.8) is 0 Å². The Bertz CT molecular complexity index is 1110. The first-order chi connectivity index (χ1) is 13.0. The predicted molar refractivity (Wildman–Crippen MR) is 93.8 cm³/mol. The third-order valence-electron chi connectivity index (χ3n) is 4.48. The molecule has 0 saturated carbocycles. The van der Waals surface area contributed by atoms with E-state index in [2.05, 4.69) is 0 Å². The molecule has 148 valence electrons. The van der Waals surface area contributed by atoms with Crippen LogP contribution < -0.4 is 5.56 Å². The largest absolute Gasteiger partial charge is 0.480 e. The van der Waals surface area contributed by atoms with Gasteiger partial charge in [0.25, 0.3) is 5.56 Å². The topological polar surface area (TPSA) is 64.2 Å². The van der Waals surface area contributed by atoms with Crippen molar-refractivity contribution in [1.29, 1.82) is 0 Å². The molecular formula is C19H16F4N2O3. The number of hydrogen-bond acceptors (Lipinski definition) is 2. The summed E-state index contributed by atoms with van der Waals surface area (Å²) < 4.78 is 53.8. The second kappa shape index (κ2) is 7.14. The van der Waals surface area contributed by atoms with Gasteiger partial charge in [0.1, 0.15) is 18.9 Å². The number of carbonyl (C=O) groups is 1. The van der Waals surface area contributed by atoms with Crippen molar-refractivity contribution in [2.45, 2.75) is 32.6 Å². The highest BCUT2D eigenvalue weighted by Crippen LogP contribution is 2.29. The summed E-state index contributed by atoms with van der Waals surface area (Å²) in [6, 6.07) is 6.41. The van der Waals surface area contributed by atoms with Gasteiger partial charge in [-0.2, -0.15) is 13.2 Å². The minimum Gasteiger partial charge on any atom is -0.480 e. The fraction of sp³-hybridized carbons (Fsp3) is 0.263. The van der Waals surface area contributed by atoms with Gasteiger partial charge in [0.2, 0.25) is 0 Å². The molecule has 1 N–H and O–H groups in total. The Kier molecular flexibility index (Phi) is 5.01. The second-order valence-corrected chi connectivity index (χ2v) is 6.50. The number of benzene rings is 1. The summed E-state index contributed by atoms with van der Waals surface area (Å²) in [5.41, 5.74) is 1.31. The first-order valence-corrected chi connectivity index (χ1v) is 8.30. The normalized spacial score (nSPS) is 11.9. The van der Waals surface area contributed by atoms with Crippen LogP contribution in [0.3, 0.4) is 0 Å². The molecule has 28 heavy (non-hydrogen) atoms. The van der Waals surface area contributed by atoms with Crippen LogP contribution in [-0.2, 0) is 24.3 Å².